The fourth-order valence-corrected chi connectivity index (χ4v) is 2.70. The van der Waals surface area contributed by atoms with Crippen molar-refractivity contribution in [3.05, 3.63) is 62.5 Å². The first-order valence-electron chi connectivity index (χ1n) is 5.64. The zero-order valence-corrected chi connectivity index (χ0v) is 14.0. The molecule has 0 spiro atoms. The SMILES string of the molecule is NC(=S)c1cc(Br)ccc1NCc1cccc(Br)c1. The number of anilines is 1. The Labute approximate surface area is 134 Å². The molecule has 0 aliphatic carbocycles. The van der Waals surface area contributed by atoms with Gasteiger partial charge in [-0.2, -0.15) is 0 Å². The van der Waals surface area contributed by atoms with Gasteiger partial charge in [0.25, 0.3) is 0 Å². The lowest BCUT2D eigenvalue weighted by Gasteiger charge is -2.12. The van der Waals surface area contributed by atoms with E-state index in [9.17, 15) is 0 Å². The summed E-state index contributed by atoms with van der Waals surface area (Å²) in [5.41, 5.74) is 8.71. The normalized spacial score (nSPS) is 10.2. The third kappa shape index (κ3) is 4.03. The van der Waals surface area contributed by atoms with Crippen molar-refractivity contribution in [3.63, 3.8) is 0 Å². The van der Waals surface area contributed by atoms with Crippen molar-refractivity contribution in [1.82, 2.24) is 0 Å². The second-order valence-electron chi connectivity index (χ2n) is 4.04. The fourth-order valence-electron chi connectivity index (χ4n) is 1.72. The minimum absolute atomic E-state index is 0.387. The molecule has 0 atom stereocenters. The van der Waals surface area contributed by atoms with Gasteiger partial charge in [0.1, 0.15) is 4.99 Å². The molecule has 0 amide bonds. The molecule has 0 aliphatic rings. The standard InChI is InChI=1S/C14H12Br2N2S/c15-10-3-1-2-9(6-10)8-18-13-5-4-11(16)7-12(13)14(17)19/h1-7,18H,8H2,(H2,17,19). The van der Waals surface area contributed by atoms with Crippen LogP contribution in [0.3, 0.4) is 0 Å². The molecular weight excluding hydrogens is 388 g/mol. The molecule has 19 heavy (non-hydrogen) atoms. The zero-order chi connectivity index (χ0) is 13.8. The van der Waals surface area contributed by atoms with E-state index in [-0.39, 0.29) is 0 Å². The molecule has 2 nitrogen and oxygen atoms in total. The lowest BCUT2D eigenvalue weighted by molar-refractivity contribution is 1.14. The van der Waals surface area contributed by atoms with E-state index in [4.69, 9.17) is 18.0 Å². The highest BCUT2D eigenvalue weighted by Crippen LogP contribution is 2.22. The summed E-state index contributed by atoms with van der Waals surface area (Å²) in [6.07, 6.45) is 0. The molecule has 2 aromatic rings. The molecule has 0 heterocycles. The van der Waals surface area contributed by atoms with Crippen LogP contribution in [0, 0.1) is 0 Å². The number of nitrogens with two attached hydrogens (primary N) is 1. The maximum atomic E-state index is 5.74. The lowest BCUT2D eigenvalue weighted by atomic mass is 10.1. The van der Waals surface area contributed by atoms with Gasteiger partial charge in [0, 0.05) is 26.7 Å². The van der Waals surface area contributed by atoms with E-state index in [1.807, 2.05) is 30.3 Å². The van der Waals surface area contributed by atoms with Gasteiger partial charge in [-0.25, -0.2) is 0 Å². The molecule has 0 aliphatic heterocycles. The summed E-state index contributed by atoms with van der Waals surface area (Å²) in [7, 11) is 0. The minimum atomic E-state index is 0.387. The summed E-state index contributed by atoms with van der Waals surface area (Å²) in [6.45, 7) is 0.719. The first kappa shape index (κ1) is 14.5. The highest BCUT2D eigenvalue weighted by atomic mass is 79.9. The van der Waals surface area contributed by atoms with Crippen LogP contribution in [0.1, 0.15) is 11.1 Å². The Hall–Kier alpha value is -0.910. The number of hydrogen-bond donors (Lipinski definition) is 2. The number of benzene rings is 2. The molecule has 0 radical (unpaired) electrons. The van der Waals surface area contributed by atoms with Crippen molar-refractivity contribution in [2.75, 3.05) is 5.32 Å². The van der Waals surface area contributed by atoms with E-state index in [0.29, 0.717) is 4.99 Å². The van der Waals surface area contributed by atoms with E-state index in [2.05, 4.69) is 49.3 Å². The zero-order valence-electron chi connectivity index (χ0n) is 9.99. The number of rotatable bonds is 4. The summed E-state index contributed by atoms with van der Waals surface area (Å²) < 4.78 is 2.03. The third-order valence-electron chi connectivity index (χ3n) is 2.62. The Balaban J connectivity index is 2.17. The summed E-state index contributed by atoms with van der Waals surface area (Å²) in [6, 6.07) is 14.0. The monoisotopic (exact) mass is 398 g/mol. The third-order valence-corrected chi connectivity index (χ3v) is 3.83. The number of nitrogens with one attached hydrogen (secondary N) is 1. The smallest absolute Gasteiger partial charge is 0.106 e. The van der Waals surface area contributed by atoms with E-state index < -0.39 is 0 Å². The van der Waals surface area contributed by atoms with Crippen LogP contribution < -0.4 is 11.1 Å². The average Bonchev–Trinajstić information content (AvgIpc) is 2.37. The molecule has 0 aromatic heterocycles. The van der Waals surface area contributed by atoms with E-state index >= 15 is 0 Å². The fraction of sp³-hybridized carbons (Fsp3) is 0.0714. The molecule has 5 heteroatoms. The topological polar surface area (TPSA) is 38.0 Å². The number of halogens is 2. The van der Waals surface area contributed by atoms with E-state index in [0.717, 1.165) is 26.7 Å². The van der Waals surface area contributed by atoms with Gasteiger partial charge in [0.15, 0.2) is 0 Å². The van der Waals surface area contributed by atoms with Gasteiger partial charge in [-0.15, -0.1) is 0 Å². The molecule has 2 rings (SSSR count). The molecule has 0 unspecified atom stereocenters. The maximum Gasteiger partial charge on any atom is 0.106 e. The maximum absolute atomic E-state index is 5.74. The molecule has 98 valence electrons. The average molecular weight is 400 g/mol. The molecular formula is C14H12Br2N2S. The van der Waals surface area contributed by atoms with Crippen molar-refractivity contribution in [2.45, 2.75) is 6.54 Å². The molecule has 2 aromatic carbocycles. The molecule has 0 bridgehead atoms. The van der Waals surface area contributed by atoms with E-state index in [1.165, 1.54) is 5.56 Å². The second-order valence-corrected chi connectivity index (χ2v) is 6.31. The quantitative estimate of drug-likeness (QED) is 0.745. The summed E-state index contributed by atoms with van der Waals surface area (Å²) in [5.74, 6) is 0. The van der Waals surface area contributed by atoms with Crippen LogP contribution in [0.4, 0.5) is 5.69 Å². The largest absolute Gasteiger partial charge is 0.389 e. The number of thiocarbonyl (C=S) groups is 1. The second kappa shape index (κ2) is 6.50. The van der Waals surface area contributed by atoms with Crippen LogP contribution in [-0.4, -0.2) is 4.99 Å². The first-order chi connectivity index (χ1) is 9.06. The van der Waals surface area contributed by atoms with Gasteiger partial charge in [-0.3, -0.25) is 0 Å². The lowest BCUT2D eigenvalue weighted by Crippen LogP contribution is -2.13. The predicted octanol–water partition coefficient (Wildman–Crippen LogP) is 4.46. The first-order valence-corrected chi connectivity index (χ1v) is 7.63. The Morgan fingerprint density at radius 1 is 1.11 bits per heavy atom. The van der Waals surface area contributed by atoms with Gasteiger partial charge in [0.2, 0.25) is 0 Å². The van der Waals surface area contributed by atoms with Crippen LogP contribution >= 0.6 is 44.1 Å². The molecule has 0 saturated carbocycles. The Morgan fingerprint density at radius 3 is 2.53 bits per heavy atom. The van der Waals surface area contributed by atoms with Crippen LogP contribution in [-0.2, 0) is 6.54 Å². The van der Waals surface area contributed by atoms with Crippen LogP contribution in [0.25, 0.3) is 0 Å². The van der Waals surface area contributed by atoms with Gasteiger partial charge in [0.05, 0.1) is 0 Å². The van der Waals surface area contributed by atoms with Gasteiger partial charge in [-0.05, 0) is 35.9 Å². The highest BCUT2D eigenvalue weighted by Gasteiger charge is 2.06. The number of hydrogen-bond acceptors (Lipinski definition) is 2. The minimum Gasteiger partial charge on any atom is -0.389 e. The van der Waals surface area contributed by atoms with Crippen LogP contribution in [0.15, 0.2) is 51.4 Å². The van der Waals surface area contributed by atoms with Crippen molar-refractivity contribution < 1.29 is 0 Å². The predicted molar refractivity (Wildman–Crippen MR) is 91.5 cm³/mol. The molecule has 3 N–H and O–H groups in total. The Bertz CT molecular complexity index is 614. The Kier molecular flexibility index (Phi) is 4.96. The highest BCUT2D eigenvalue weighted by molar-refractivity contribution is 9.10. The van der Waals surface area contributed by atoms with Gasteiger partial charge < -0.3 is 11.1 Å². The van der Waals surface area contributed by atoms with Crippen molar-refractivity contribution in [1.29, 1.82) is 0 Å². The summed E-state index contributed by atoms with van der Waals surface area (Å²) in [4.78, 5) is 0.387. The van der Waals surface area contributed by atoms with Gasteiger partial charge >= 0.3 is 0 Å². The van der Waals surface area contributed by atoms with Crippen molar-refractivity contribution in [3.8, 4) is 0 Å². The van der Waals surface area contributed by atoms with Crippen LogP contribution in [0.5, 0.6) is 0 Å². The molecule has 0 saturated heterocycles. The summed E-state index contributed by atoms with van der Waals surface area (Å²) >= 11 is 12.0. The Morgan fingerprint density at radius 2 is 1.84 bits per heavy atom. The van der Waals surface area contributed by atoms with Crippen LogP contribution in [0.2, 0.25) is 0 Å². The van der Waals surface area contributed by atoms with E-state index in [1.54, 1.807) is 0 Å². The van der Waals surface area contributed by atoms with Gasteiger partial charge in [-0.1, -0.05) is 56.2 Å². The van der Waals surface area contributed by atoms with Crippen molar-refractivity contribution in [2.24, 2.45) is 5.73 Å². The van der Waals surface area contributed by atoms with Crippen molar-refractivity contribution >= 4 is 54.8 Å². The summed E-state index contributed by atoms with van der Waals surface area (Å²) in [5, 5.41) is 3.36. The molecule has 0 fully saturated rings.